The lowest BCUT2D eigenvalue weighted by Crippen LogP contribution is -2.56. The molecule has 1 unspecified atom stereocenters. The number of anilines is 1. The number of ether oxygens (including phenoxy) is 3. The summed E-state index contributed by atoms with van der Waals surface area (Å²) in [6.45, 7) is 5.79. The molecule has 3 heterocycles. The van der Waals surface area contributed by atoms with Gasteiger partial charge in [0.2, 0.25) is 41.1 Å². The lowest BCUT2D eigenvalue weighted by atomic mass is 9.82. The Kier molecular flexibility index (Phi) is 13.5. The van der Waals surface area contributed by atoms with Crippen molar-refractivity contribution in [2.45, 2.75) is 102 Å². The molecule has 10 N–H and O–H groups in total. The van der Waals surface area contributed by atoms with Gasteiger partial charge in [-0.15, -0.1) is 0 Å². The van der Waals surface area contributed by atoms with Crippen LogP contribution in [0.3, 0.4) is 0 Å². The minimum Gasteiger partial charge on any atom is -0.449 e. The van der Waals surface area contributed by atoms with E-state index in [1.54, 1.807) is 17.0 Å². The molecule has 7 atom stereocenters. The molecular weight excluding hydrogens is 786 g/mol. The number of nitrogens with two attached hydrogens (primary N) is 3. The molecular formula is C39H51N9O12. The first-order valence-corrected chi connectivity index (χ1v) is 19.5. The van der Waals surface area contributed by atoms with E-state index in [-0.39, 0.29) is 53.7 Å². The van der Waals surface area contributed by atoms with E-state index in [9.17, 15) is 43.2 Å². The van der Waals surface area contributed by atoms with Crippen LogP contribution in [0.15, 0.2) is 46.8 Å². The Morgan fingerprint density at radius 1 is 0.900 bits per heavy atom. The van der Waals surface area contributed by atoms with Crippen molar-refractivity contribution in [1.29, 1.82) is 0 Å². The number of primary amides is 2. The molecule has 60 heavy (non-hydrogen) atoms. The average Bonchev–Trinajstić information content (AvgIpc) is 3.71. The summed E-state index contributed by atoms with van der Waals surface area (Å²) in [6.07, 6.45) is 0.375. The summed E-state index contributed by atoms with van der Waals surface area (Å²) < 4.78 is 16.7. The second-order valence-corrected chi connectivity index (χ2v) is 15.1. The molecule has 1 aromatic rings. The van der Waals surface area contributed by atoms with E-state index in [1.165, 1.54) is 44.9 Å². The molecule has 5 rings (SSSR count). The largest absolute Gasteiger partial charge is 0.449 e. The third-order valence-corrected chi connectivity index (χ3v) is 11.1. The van der Waals surface area contributed by atoms with E-state index in [2.05, 4.69) is 21.3 Å². The number of nitrogens with one attached hydrogen (secondary N) is 4. The second-order valence-electron chi connectivity index (χ2n) is 15.1. The van der Waals surface area contributed by atoms with Crippen molar-refractivity contribution in [3.8, 4) is 0 Å². The van der Waals surface area contributed by atoms with Crippen LogP contribution in [0.4, 0.5) is 15.3 Å². The summed E-state index contributed by atoms with van der Waals surface area (Å²) in [5.41, 5.74) is 15.8. The molecule has 0 bridgehead atoms. The van der Waals surface area contributed by atoms with Crippen molar-refractivity contribution in [3.63, 3.8) is 0 Å². The standard InChI is InChI=1S/C39H51N9O12/c1-6-7-8-9-27(50)43-19(3)34(53)44-20(4)35(54)46-24(14-26(40)49)36(55)45-22-12-10-21(11-13-22)16-60-38(57)48-25-15-47-30-28(32(52)29(41)18(2)31(30)51)23(17-59-37(42)56)39(47,58-5)33(25)48/h10-13,19-20,23-25,33H,6-9,14-17,41H2,1-5H3,(H2,40,49)(H2,42,56)(H,43,50)(H,44,53)(H,45,55)(H,46,54)/t19-,20-,23+,24-,25-,33?,39+,48?/m0/s1. The number of carbonyl (C=O) groups is 9. The van der Waals surface area contributed by atoms with E-state index >= 15 is 0 Å². The van der Waals surface area contributed by atoms with Crippen molar-refractivity contribution in [3.05, 3.63) is 52.4 Å². The van der Waals surface area contributed by atoms with Crippen molar-refractivity contribution in [1.82, 2.24) is 25.8 Å². The van der Waals surface area contributed by atoms with Gasteiger partial charge in [-0.2, -0.15) is 0 Å². The van der Waals surface area contributed by atoms with Crippen LogP contribution in [0.25, 0.3) is 0 Å². The molecule has 4 aliphatic rings. The molecule has 2 saturated heterocycles. The maximum Gasteiger partial charge on any atom is 0.410 e. The van der Waals surface area contributed by atoms with E-state index in [4.69, 9.17) is 31.4 Å². The number of amides is 7. The molecule has 0 saturated carbocycles. The van der Waals surface area contributed by atoms with Crippen LogP contribution in [-0.4, -0.2) is 119 Å². The van der Waals surface area contributed by atoms with Crippen molar-refractivity contribution >= 4 is 59.0 Å². The quantitative estimate of drug-likeness (QED) is 0.0546. The van der Waals surface area contributed by atoms with Gasteiger partial charge in [0.05, 0.1) is 29.8 Å². The third-order valence-electron chi connectivity index (χ3n) is 11.1. The van der Waals surface area contributed by atoms with Crippen LogP contribution in [0.2, 0.25) is 0 Å². The Balaban J connectivity index is 1.16. The Morgan fingerprint density at radius 2 is 1.55 bits per heavy atom. The van der Waals surface area contributed by atoms with Gasteiger partial charge < -0.3 is 57.6 Å². The summed E-state index contributed by atoms with van der Waals surface area (Å²) in [4.78, 5) is 118. The fourth-order valence-electron chi connectivity index (χ4n) is 7.89. The number of fused-ring (bicyclic) bond motifs is 4. The fraction of sp³-hybridized carbons (Fsp3) is 0.513. The second kappa shape index (κ2) is 18.2. The number of ketones is 2. The number of hydrogen-bond acceptors (Lipinski definition) is 14. The van der Waals surface area contributed by atoms with E-state index in [0.29, 0.717) is 12.0 Å². The zero-order valence-electron chi connectivity index (χ0n) is 34.0. The molecule has 0 radical (unpaired) electrons. The number of benzene rings is 1. The average molecular weight is 838 g/mol. The maximum atomic E-state index is 13.4. The monoisotopic (exact) mass is 837 g/mol. The Hall–Kier alpha value is -6.51. The highest BCUT2D eigenvalue weighted by Crippen LogP contribution is 2.59. The number of piperazine rings is 1. The molecule has 7 amide bonds. The van der Waals surface area contributed by atoms with E-state index in [0.717, 1.165) is 12.8 Å². The first-order valence-electron chi connectivity index (χ1n) is 19.5. The van der Waals surface area contributed by atoms with Gasteiger partial charge in [-0.25, -0.2) is 9.59 Å². The SMILES string of the molecule is CCCCCC(=O)N[C@@H](C)C(=O)N[C@@H](C)C(=O)N[C@@H](CC(N)=O)C(=O)Nc1ccc(COC(=O)N2C3[C@@H]2CN2C4=C(C(=O)C(N)=C(C)C4=O)[C@@H](COC(N)=O)[C@@]32OC)cc1. The number of Topliss-reactive ketones (excluding diaryl/α,β-unsaturated/α-hetero) is 2. The number of unbranched alkanes of at least 4 members (excludes halogenated alkanes) is 2. The van der Waals surface area contributed by atoms with Crippen molar-refractivity contribution in [2.24, 2.45) is 23.1 Å². The Morgan fingerprint density at radius 3 is 2.17 bits per heavy atom. The van der Waals surface area contributed by atoms with Gasteiger partial charge in [0, 0.05) is 36.9 Å². The number of allylic oxidation sites excluding steroid dienone is 2. The number of nitrogens with zero attached hydrogens (tertiary/aromatic N) is 2. The van der Waals surface area contributed by atoms with E-state index < -0.39 is 102 Å². The van der Waals surface area contributed by atoms with Gasteiger partial charge in [-0.3, -0.25) is 38.5 Å². The summed E-state index contributed by atoms with van der Waals surface area (Å²) in [5.74, 6) is -5.44. The Labute approximate surface area is 345 Å². The van der Waals surface area contributed by atoms with Crippen LogP contribution in [0.1, 0.15) is 65.4 Å². The van der Waals surface area contributed by atoms with Gasteiger partial charge in [0.1, 0.15) is 37.4 Å². The highest BCUT2D eigenvalue weighted by Gasteiger charge is 2.78. The van der Waals surface area contributed by atoms with E-state index in [1.807, 2.05) is 6.92 Å². The topological polar surface area (TPSA) is 314 Å². The van der Waals surface area contributed by atoms with Crippen LogP contribution in [-0.2, 0) is 54.4 Å². The van der Waals surface area contributed by atoms with Crippen LogP contribution in [0.5, 0.6) is 0 Å². The van der Waals surface area contributed by atoms with Gasteiger partial charge in [0.25, 0.3) is 0 Å². The molecule has 1 aromatic carbocycles. The minimum absolute atomic E-state index is 0.0182. The zero-order chi connectivity index (χ0) is 44.2. The highest BCUT2D eigenvalue weighted by atomic mass is 16.6. The predicted octanol–water partition coefficient (Wildman–Crippen LogP) is -0.714. The van der Waals surface area contributed by atoms with Crippen molar-refractivity contribution in [2.75, 3.05) is 25.6 Å². The van der Waals surface area contributed by atoms with Gasteiger partial charge >= 0.3 is 12.2 Å². The van der Waals surface area contributed by atoms with Gasteiger partial charge in [0.15, 0.2) is 5.72 Å². The summed E-state index contributed by atoms with van der Waals surface area (Å²) in [7, 11) is 1.36. The van der Waals surface area contributed by atoms with Crippen LogP contribution < -0.4 is 38.5 Å². The summed E-state index contributed by atoms with van der Waals surface area (Å²) in [6, 6.07) is 1.49. The molecule has 324 valence electrons. The summed E-state index contributed by atoms with van der Waals surface area (Å²) in [5, 5.41) is 10.1. The molecule has 21 nitrogen and oxygen atoms in total. The molecule has 2 fully saturated rings. The molecule has 0 spiro atoms. The lowest BCUT2D eigenvalue weighted by Gasteiger charge is -2.40. The maximum absolute atomic E-state index is 13.4. The van der Waals surface area contributed by atoms with Crippen LogP contribution >= 0.6 is 0 Å². The zero-order valence-corrected chi connectivity index (χ0v) is 34.0. The van der Waals surface area contributed by atoms with Gasteiger partial charge in [-0.05, 0) is 44.9 Å². The Bertz CT molecular complexity index is 2030. The number of carbonyl (C=O) groups excluding carboxylic acids is 9. The number of hydrogen-bond donors (Lipinski definition) is 7. The predicted molar refractivity (Wildman–Crippen MR) is 209 cm³/mol. The molecule has 21 heteroatoms. The summed E-state index contributed by atoms with van der Waals surface area (Å²) >= 11 is 0. The molecule has 3 aliphatic heterocycles. The highest BCUT2D eigenvalue weighted by molar-refractivity contribution is 6.25. The lowest BCUT2D eigenvalue weighted by molar-refractivity contribution is -0.144. The smallest absolute Gasteiger partial charge is 0.410 e. The minimum atomic E-state index is -1.47. The van der Waals surface area contributed by atoms with Gasteiger partial charge in [-0.1, -0.05) is 31.9 Å². The van der Waals surface area contributed by atoms with Crippen LogP contribution in [0, 0.1) is 5.92 Å². The molecule has 1 aliphatic carbocycles. The molecule has 0 aromatic heterocycles. The first-order chi connectivity index (χ1) is 28.4. The fourth-order valence-corrected chi connectivity index (χ4v) is 7.89. The number of methoxy groups -OCH3 is 1. The third kappa shape index (κ3) is 8.89. The normalized spacial score (nSPS) is 22.8. The number of rotatable bonds is 18. The van der Waals surface area contributed by atoms with Crippen molar-refractivity contribution < 1.29 is 57.4 Å². The first kappa shape index (κ1) is 44.6.